The minimum Gasteiger partial charge on any atom is -0.507 e. The molecule has 1 N–H and O–H groups in total. The van der Waals surface area contributed by atoms with Gasteiger partial charge in [-0.05, 0) is 150 Å². The van der Waals surface area contributed by atoms with Crippen LogP contribution in [0.1, 0.15) is 79.0 Å². The van der Waals surface area contributed by atoms with E-state index in [1.54, 1.807) is 0 Å². The number of imidazole rings is 1. The van der Waals surface area contributed by atoms with Crippen molar-refractivity contribution in [2.45, 2.75) is 78.6 Å². The lowest BCUT2D eigenvalue weighted by Crippen LogP contribution is -2.17. The average Bonchev–Trinajstić information content (AvgIpc) is 1.56. The number of aromatic hydroxyl groups is 1. The molecular weight excluding hydrogens is 1090 g/mol. The van der Waals surface area contributed by atoms with Crippen molar-refractivity contribution < 1.29 is 5.11 Å². The summed E-state index contributed by atoms with van der Waals surface area (Å²) in [5.74, 6) is 0.885. The highest BCUT2D eigenvalue weighted by Gasteiger charge is 2.29. The molecule has 0 saturated heterocycles. The predicted molar refractivity (Wildman–Crippen MR) is 382 cm³/mol. The molecule has 0 spiro atoms. The van der Waals surface area contributed by atoms with Crippen molar-refractivity contribution >= 4 is 114 Å². The minimum absolute atomic E-state index is 0.183. The van der Waals surface area contributed by atoms with E-state index in [9.17, 15) is 5.11 Å². The number of hydrogen-bond donors (Lipinski definition) is 1. The molecule has 11 aromatic carbocycles. The summed E-state index contributed by atoms with van der Waals surface area (Å²) in [5, 5.41) is 26.4. The summed E-state index contributed by atoms with van der Waals surface area (Å²) in [6, 6.07) is 89.3. The Bertz CT molecular complexity index is 5840. The Morgan fingerprint density at radius 3 is 1.72 bits per heavy atom. The average molecular weight is 1160 g/mol. The first-order chi connectivity index (χ1) is 43.4. The Labute approximate surface area is 523 Å². The first-order valence-corrected chi connectivity index (χ1v) is 31.4. The molecule has 6 nitrogen and oxygen atoms in total. The van der Waals surface area contributed by atoms with E-state index in [1.165, 1.54) is 27.1 Å². The number of hydrogen-bond acceptors (Lipinski definition) is 3. The fourth-order valence-electron chi connectivity index (χ4n) is 14.0. The molecule has 12 bridgehead atoms. The smallest absolute Gasteiger partial charge is 0.149 e. The van der Waals surface area contributed by atoms with Crippen molar-refractivity contribution in [2.75, 3.05) is 0 Å². The normalized spacial score (nSPS) is 12.5. The molecule has 0 aliphatic carbocycles. The van der Waals surface area contributed by atoms with Gasteiger partial charge in [0.05, 0.1) is 49.9 Å². The molecule has 0 amide bonds. The molecule has 436 valence electrons. The number of phenolic OH excluding ortho intramolecular Hbond substituents is 1. The molecule has 6 heterocycles. The zero-order chi connectivity index (χ0) is 61.5. The van der Waals surface area contributed by atoms with Gasteiger partial charge in [0, 0.05) is 66.1 Å². The van der Waals surface area contributed by atoms with Gasteiger partial charge in [-0.15, -0.1) is 0 Å². The number of pyridine rings is 1. The summed E-state index contributed by atoms with van der Waals surface area (Å²) < 4.78 is 7.25. The summed E-state index contributed by atoms with van der Waals surface area (Å²) in [6.07, 6.45) is 1.93. The van der Waals surface area contributed by atoms with Gasteiger partial charge in [-0.1, -0.05) is 220 Å². The quantitative estimate of drug-likeness (QED) is 0.192. The Morgan fingerprint density at radius 1 is 0.333 bits per heavy atom. The van der Waals surface area contributed by atoms with Crippen LogP contribution in [0.4, 0.5) is 0 Å². The Morgan fingerprint density at radius 2 is 0.956 bits per heavy atom. The summed E-state index contributed by atoms with van der Waals surface area (Å²) in [4.78, 5) is 11.1. The first kappa shape index (κ1) is 54.8. The third-order valence-corrected chi connectivity index (χ3v) is 18.8. The van der Waals surface area contributed by atoms with E-state index in [4.69, 9.17) is 9.97 Å². The molecule has 0 radical (unpaired) electrons. The molecule has 17 aromatic rings. The topological polar surface area (TPSA) is 59.2 Å². The molecule has 0 aliphatic rings. The number of aromatic nitrogens is 5. The van der Waals surface area contributed by atoms with Crippen LogP contribution < -0.4 is 0 Å². The van der Waals surface area contributed by atoms with Crippen molar-refractivity contribution in [1.82, 2.24) is 23.2 Å². The van der Waals surface area contributed by atoms with Gasteiger partial charge in [0.2, 0.25) is 0 Å². The molecule has 0 atom stereocenters. The highest BCUT2D eigenvalue weighted by molar-refractivity contribution is 6.19. The van der Waals surface area contributed by atoms with E-state index in [0.717, 1.165) is 126 Å². The molecule has 0 saturated carbocycles. The van der Waals surface area contributed by atoms with Crippen LogP contribution in [-0.4, -0.2) is 28.3 Å². The number of nitrogens with zero attached hydrogens (tertiary/aromatic N) is 5. The SMILES string of the molecule is CC(C)(C)c1cc(-c2nc3c4cccc3n2c2ccc(C(C)(C)C)cc2c2cccc(c2)n2c3ccccc3c3ccc(cc32)c2ccc(cc2)c2cccc3c5ccccc5n(c5cc(-c6cc(-c7ccccc7)ccn6)cc4c5)c23)c(O)c(C(C)(C)C)c1. The van der Waals surface area contributed by atoms with Crippen molar-refractivity contribution in [1.29, 1.82) is 0 Å². The lowest BCUT2D eigenvalue weighted by Gasteiger charge is -2.27. The van der Waals surface area contributed by atoms with Gasteiger partial charge < -0.3 is 13.9 Å². The van der Waals surface area contributed by atoms with Crippen LogP contribution in [0.3, 0.4) is 0 Å². The Hall–Kier alpha value is -10.6. The maximum absolute atomic E-state index is 13.1. The van der Waals surface area contributed by atoms with Gasteiger partial charge in [0.15, 0.2) is 0 Å². The standard InChI is InChI=1S/C84H69N5O/c1-82(2,3)59-37-39-75-69(48-59)56-22-17-23-61(43-56)87-73-29-15-13-24-65(73)67-38-36-54(47-77(67)87)52-32-34-53(35-33-52)64-27-18-28-68-66-25-14-16-30-74(66)88(79(64)68)62-44-57(42-58(45-62)72-46-55(40-41-85-72)51-20-11-10-12-21-51)63-26-19-31-76-78(63)86-81(89(75)76)70-49-60(83(4,5)6)50-71(80(70)90)84(7,8)9/h10-50,90H,1-9H3. The van der Waals surface area contributed by atoms with E-state index in [1.807, 2.05) is 6.20 Å². The lowest BCUT2D eigenvalue weighted by molar-refractivity contribution is 0.446. The van der Waals surface area contributed by atoms with E-state index < -0.39 is 5.41 Å². The highest BCUT2D eigenvalue weighted by Crippen LogP contribution is 2.45. The highest BCUT2D eigenvalue weighted by atomic mass is 16.3. The zero-order valence-electron chi connectivity index (χ0n) is 52.4. The Kier molecular flexibility index (Phi) is 12.3. The van der Waals surface area contributed by atoms with Crippen LogP contribution >= 0.6 is 0 Å². The van der Waals surface area contributed by atoms with Gasteiger partial charge in [-0.25, -0.2) is 4.98 Å². The summed E-state index contributed by atoms with van der Waals surface area (Å²) in [5.41, 5.74) is 16.3. The molecule has 6 heteroatoms. The molecule has 0 unspecified atom stereocenters. The van der Waals surface area contributed by atoms with E-state index in [-0.39, 0.29) is 16.6 Å². The van der Waals surface area contributed by atoms with Gasteiger partial charge in [-0.3, -0.25) is 9.38 Å². The molecule has 0 aliphatic heterocycles. The maximum atomic E-state index is 13.1. The molecule has 90 heavy (non-hydrogen) atoms. The second-order valence-corrected chi connectivity index (χ2v) is 27.7. The predicted octanol–water partition coefficient (Wildman–Crippen LogP) is 22.5. The molecule has 17 rings (SSSR count). The third kappa shape index (κ3) is 8.90. The largest absolute Gasteiger partial charge is 0.507 e. The summed E-state index contributed by atoms with van der Waals surface area (Å²) >= 11 is 0. The summed E-state index contributed by atoms with van der Waals surface area (Å²) in [6.45, 7) is 20.2. The zero-order valence-corrected chi connectivity index (χ0v) is 52.4. The maximum Gasteiger partial charge on any atom is 0.149 e. The molecule has 0 fully saturated rings. The third-order valence-electron chi connectivity index (χ3n) is 18.8. The van der Waals surface area contributed by atoms with Crippen LogP contribution in [0.15, 0.2) is 249 Å². The van der Waals surface area contributed by atoms with Crippen molar-refractivity contribution in [3.05, 3.63) is 266 Å². The van der Waals surface area contributed by atoms with Crippen LogP contribution in [0.2, 0.25) is 0 Å². The number of benzene rings is 11. The second-order valence-electron chi connectivity index (χ2n) is 27.7. The van der Waals surface area contributed by atoms with Crippen LogP contribution in [0.25, 0.3) is 148 Å². The van der Waals surface area contributed by atoms with Crippen molar-refractivity contribution in [2.24, 2.45) is 0 Å². The van der Waals surface area contributed by atoms with Gasteiger partial charge in [-0.2, -0.15) is 0 Å². The molecular formula is C84H69N5O. The van der Waals surface area contributed by atoms with Gasteiger partial charge >= 0.3 is 0 Å². The van der Waals surface area contributed by atoms with Gasteiger partial charge in [0.25, 0.3) is 0 Å². The second kappa shape index (κ2) is 20.2. The van der Waals surface area contributed by atoms with Crippen molar-refractivity contribution in [3.63, 3.8) is 0 Å². The fraction of sp³-hybridized carbons (Fsp3) is 0.143. The van der Waals surface area contributed by atoms with Crippen LogP contribution in [-0.2, 0) is 16.2 Å². The number of phenols is 1. The van der Waals surface area contributed by atoms with Gasteiger partial charge in [0.1, 0.15) is 11.6 Å². The fourth-order valence-corrected chi connectivity index (χ4v) is 14.0. The van der Waals surface area contributed by atoms with Crippen LogP contribution in [0.5, 0.6) is 5.75 Å². The first-order valence-electron chi connectivity index (χ1n) is 31.4. The minimum atomic E-state index is -0.396. The summed E-state index contributed by atoms with van der Waals surface area (Å²) in [7, 11) is 0. The van der Waals surface area contributed by atoms with E-state index >= 15 is 0 Å². The monoisotopic (exact) mass is 1160 g/mol. The van der Waals surface area contributed by atoms with E-state index in [2.05, 4.69) is 318 Å². The number of rotatable bonds is 3. The molecule has 6 aromatic heterocycles. The van der Waals surface area contributed by atoms with E-state index in [0.29, 0.717) is 11.4 Å². The number of para-hydroxylation sites is 4. The number of fused-ring (bicyclic) bond motifs is 6. The van der Waals surface area contributed by atoms with Crippen LogP contribution in [0, 0.1) is 0 Å². The van der Waals surface area contributed by atoms with Crippen molar-refractivity contribution in [3.8, 4) is 39.5 Å². The lowest BCUT2D eigenvalue weighted by atomic mass is 9.79. The Balaban J connectivity index is 1.17.